The summed E-state index contributed by atoms with van der Waals surface area (Å²) >= 11 is 0. The molecule has 2 aliphatic heterocycles. The maximum atomic E-state index is 11.9. The Morgan fingerprint density at radius 2 is 2.03 bits per heavy atom. The maximum Gasteiger partial charge on any atom is 0.319 e. The highest BCUT2D eigenvalue weighted by Crippen LogP contribution is 2.38. The third-order valence-corrected chi connectivity index (χ3v) is 6.68. The van der Waals surface area contributed by atoms with Gasteiger partial charge in [0.25, 0.3) is 0 Å². The second-order valence-corrected chi connectivity index (χ2v) is 9.37. The number of carbonyl (C=O) groups is 1. The molecule has 186 valence electrons. The van der Waals surface area contributed by atoms with Crippen LogP contribution in [0.25, 0.3) is 11.4 Å². The number of fused-ring (bicyclic) bond motifs is 1. The van der Waals surface area contributed by atoms with Crippen molar-refractivity contribution in [3.05, 3.63) is 35.5 Å². The Morgan fingerprint density at radius 3 is 2.69 bits per heavy atom. The highest BCUT2D eigenvalue weighted by atomic mass is 16.5. The van der Waals surface area contributed by atoms with Crippen LogP contribution >= 0.6 is 0 Å². The standard InChI is InChI=1S/C26H35N7O2/c1-5-28-26(34)29-20-8-6-19(7-9-20)24-30-23-21(11-13-32(17(2)3)22(23)10-12-27)25(31-24)33-14-15-35-16-18(33)4/h6-9,17-18,22H,5,10-11,13-16H2,1-4H3,(H2,28,29,34)/t18-,22-/m0/s1. The highest BCUT2D eigenvalue weighted by Gasteiger charge is 2.35. The van der Waals surface area contributed by atoms with E-state index < -0.39 is 0 Å². The lowest BCUT2D eigenvalue weighted by molar-refractivity contribution is 0.0980. The number of carbonyl (C=O) groups excluding carboxylic acids is 1. The van der Waals surface area contributed by atoms with Gasteiger partial charge in [0.1, 0.15) is 5.82 Å². The van der Waals surface area contributed by atoms with E-state index in [9.17, 15) is 10.1 Å². The molecule has 1 aromatic heterocycles. The molecule has 1 saturated heterocycles. The van der Waals surface area contributed by atoms with Crippen molar-refractivity contribution in [3.63, 3.8) is 0 Å². The summed E-state index contributed by atoms with van der Waals surface area (Å²) in [5.41, 5.74) is 3.67. The van der Waals surface area contributed by atoms with Gasteiger partial charge in [0, 0.05) is 42.5 Å². The summed E-state index contributed by atoms with van der Waals surface area (Å²) in [6, 6.07) is 10.2. The van der Waals surface area contributed by atoms with Gasteiger partial charge in [0.15, 0.2) is 5.82 Å². The monoisotopic (exact) mass is 477 g/mol. The van der Waals surface area contributed by atoms with Gasteiger partial charge in [-0.15, -0.1) is 0 Å². The highest BCUT2D eigenvalue weighted by molar-refractivity contribution is 5.89. The zero-order chi connectivity index (χ0) is 24.9. The molecule has 2 amide bonds. The van der Waals surface area contributed by atoms with Crippen LogP contribution in [-0.4, -0.2) is 65.8 Å². The smallest absolute Gasteiger partial charge is 0.319 e. The van der Waals surface area contributed by atoms with Gasteiger partial charge in [0.05, 0.1) is 43.5 Å². The summed E-state index contributed by atoms with van der Waals surface area (Å²) in [5.74, 6) is 1.59. The van der Waals surface area contributed by atoms with Crippen LogP contribution in [0.3, 0.4) is 0 Å². The number of hydrogen-bond donors (Lipinski definition) is 2. The molecule has 2 aliphatic rings. The molecule has 3 heterocycles. The van der Waals surface area contributed by atoms with E-state index in [0.29, 0.717) is 43.7 Å². The third-order valence-electron chi connectivity index (χ3n) is 6.68. The molecule has 0 saturated carbocycles. The number of nitriles is 1. The number of anilines is 2. The second-order valence-electron chi connectivity index (χ2n) is 9.37. The first-order valence-corrected chi connectivity index (χ1v) is 12.5. The third kappa shape index (κ3) is 5.39. The van der Waals surface area contributed by atoms with Gasteiger partial charge in [-0.25, -0.2) is 14.8 Å². The Labute approximate surface area is 207 Å². The second kappa shape index (κ2) is 11.0. The van der Waals surface area contributed by atoms with E-state index in [1.54, 1.807) is 0 Å². The molecule has 1 aromatic carbocycles. The molecule has 0 spiro atoms. The molecule has 1 fully saturated rings. The zero-order valence-corrected chi connectivity index (χ0v) is 21.0. The molecule has 0 aliphatic carbocycles. The number of ether oxygens (including phenoxy) is 1. The molecule has 0 unspecified atom stereocenters. The topological polar surface area (TPSA) is 106 Å². The molecule has 9 heteroatoms. The summed E-state index contributed by atoms with van der Waals surface area (Å²) in [6.07, 6.45) is 1.24. The van der Waals surface area contributed by atoms with E-state index in [-0.39, 0.29) is 18.1 Å². The van der Waals surface area contributed by atoms with Crippen molar-refractivity contribution in [1.29, 1.82) is 5.26 Å². The van der Waals surface area contributed by atoms with E-state index in [4.69, 9.17) is 14.7 Å². The van der Waals surface area contributed by atoms with Crippen molar-refractivity contribution >= 4 is 17.5 Å². The van der Waals surface area contributed by atoms with Gasteiger partial charge >= 0.3 is 6.03 Å². The summed E-state index contributed by atoms with van der Waals surface area (Å²) in [5, 5.41) is 15.2. The molecule has 0 bridgehead atoms. The number of rotatable bonds is 6. The van der Waals surface area contributed by atoms with Gasteiger partial charge in [-0.1, -0.05) is 0 Å². The van der Waals surface area contributed by atoms with Crippen molar-refractivity contribution in [3.8, 4) is 17.5 Å². The van der Waals surface area contributed by atoms with Crippen molar-refractivity contribution < 1.29 is 9.53 Å². The van der Waals surface area contributed by atoms with Crippen LogP contribution in [0, 0.1) is 11.3 Å². The Balaban J connectivity index is 1.77. The van der Waals surface area contributed by atoms with Crippen LogP contribution in [0.15, 0.2) is 24.3 Å². The number of nitrogens with zero attached hydrogens (tertiary/aromatic N) is 5. The van der Waals surface area contributed by atoms with Gasteiger partial charge in [-0.05, 0) is 58.4 Å². The minimum absolute atomic E-state index is 0.0701. The van der Waals surface area contributed by atoms with E-state index in [0.717, 1.165) is 42.1 Å². The first-order chi connectivity index (χ1) is 16.9. The normalized spacial score (nSPS) is 20.3. The number of nitrogens with one attached hydrogen (secondary N) is 2. The van der Waals surface area contributed by atoms with Crippen molar-refractivity contribution in [1.82, 2.24) is 20.2 Å². The maximum absolute atomic E-state index is 11.9. The first-order valence-electron chi connectivity index (χ1n) is 12.5. The number of benzene rings is 1. The van der Waals surface area contributed by atoms with Gasteiger partial charge < -0.3 is 20.3 Å². The van der Waals surface area contributed by atoms with Crippen molar-refractivity contribution in [2.75, 3.05) is 43.1 Å². The Hall–Kier alpha value is -3.22. The SMILES string of the molecule is CCNC(=O)Nc1ccc(-c2nc3c(c(N4CCOC[C@@H]4C)n2)CCN(C(C)C)[C@H]3CC#N)cc1. The molecular weight excluding hydrogens is 442 g/mol. The predicted octanol–water partition coefficient (Wildman–Crippen LogP) is 3.73. The fourth-order valence-corrected chi connectivity index (χ4v) is 4.92. The number of amides is 2. The van der Waals surface area contributed by atoms with Gasteiger partial charge in [-0.3, -0.25) is 4.90 Å². The number of morpholine rings is 1. The fourth-order valence-electron chi connectivity index (χ4n) is 4.92. The zero-order valence-electron chi connectivity index (χ0n) is 21.0. The number of hydrogen-bond acceptors (Lipinski definition) is 7. The minimum atomic E-state index is -0.234. The number of urea groups is 1. The van der Waals surface area contributed by atoms with E-state index >= 15 is 0 Å². The van der Waals surface area contributed by atoms with Crippen LogP contribution in [0.5, 0.6) is 0 Å². The van der Waals surface area contributed by atoms with Gasteiger partial charge in [-0.2, -0.15) is 5.26 Å². The molecular formula is C26H35N7O2. The molecule has 0 radical (unpaired) electrons. The van der Waals surface area contributed by atoms with Crippen LogP contribution in [-0.2, 0) is 11.2 Å². The summed E-state index contributed by atoms with van der Waals surface area (Å²) in [7, 11) is 0. The lowest BCUT2D eigenvalue weighted by atomic mass is 9.93. The molecule has 2 atom stereocenters. The molecule has 2 aromatic rings. The Morgan fingerprint density at radius 1 is 1.26 bits per heavy atom. The van der Waals surface area contributed by atoms with Crippen LogP contribution in [0.1, 0.15) is 51.4 Å². The average molecular weight is 478 g/mol. The first kappa shape index (κ1) is 24.9. The summed E-state index contributed by atoms with van der Waals surface area (Å²) in [6.45, 7) is 11.9. The fraction of sp³-hybridized carbons (Fsp3) is 0.538. The van der Waals surface area contributed by atoms with Gasteiger partial charge in [0.2, 0.25) is 0 Å². The van der Waals surface area contributed by atoms with Crippen LogP contribution in [0.4, 0.5) is 16.3 Å². The molecule has 4 rings (SSSR count). The number of aromatic nitrogens is 2. The van der Waals surface area contributed by atoms with Crippen molar-refractivity contribution in [2.45, 2.75) is 58.7 Å². The Bertz CT molecular complexity index is 1080. The van der Waals surface area contributed by atoms with Crippen LogP contribution in [0.2, 0.25) is 0 Å². The predicted molar refractivity (Wildman–Crippen MR) is 136 cm³/mol. The lowest BCUT2D eigenvalue weighted by Crippen LogP contribution is -2.46. The van der Waals surface area contributed by atoms with Crippen molar-refractivity contribution in [2.24, 2.45) is 0 Å². The lowest BCUT2D eigenvalue weighted by Gasteiger charge is -2.41. The molecule has 2 N–H and O–H groups in total. The molecule has 9 nitrogen and oxygen atoms in total. The Kier molecular flexibility index (Phi) is 7.83. The largest absolute Gasteiger partial charge is 0.377 e. The van der Waals surface area contributed by atoms with E-state index in [2.05, 4.69) is 47.3 Å². The van der Waals surface area contributed by atoms with E-state index in [1.165, 1.54) is 0 Å². The van der Waals surface area contributed by atoms with E-state index in [1.807, 2.05) is 31.2 Å². The van der Waals surface area contributed by atoms with Crippen LogP contribution < -0.4 is 15.5 Å². The average Bonchev–Trinajstić information content (AvgIpc) is 2.84. The molecule has 35 heavy (non-hydrogen) atoms. The summed E-state index contributed by atoms with van der Waals surface area (Å²) in [4.78, 5) is 26.7. The minimum Gasteiger partial charge on any atom is -0.377 e. The summed E-state index contributed by atoms with van der Waals surface area (Å²) < 4.78 is 5.69. The quantitative estimate of drug-likeness (QED) is 0.653.